The summed E-state index contributed by atoms with van der Waals surface area (Å²) in [6.07, 6.45) is 2.16. The number of nitrogens with zero attached hydrogens (tertiary/aromatic N) is 3. The van der Waals surface area contributed by atoms with Crippen molar-refractivity contribution in [3.8, 4) is 17.0 Å². The fourth-order valence-corrected chi connectivity index (χ4v) is 7.18. The van der Waals surface area contributed by atoms with Gasteiger partial charge in [0.25, 0.3) is 0 Å². The molecular weight excluding hydrogens is 555 g/mol. The first-order valence-corrected chi connectivity index (χ1v) is 14.3. The SMILES string of the molecule is COc1cc(C(=O)O)cc2sc(N3CCC4(C=C(c5c(-c6ccccc6C(F)(F)F)noc5C5CC5)C4)CC3)nc12. The molecule has 1 saturated heterocycles. The van der Waals surface area contributed by atoms with E-state index in [4.69, 9.17) is 14.2 Å². The van der Waals surface area contributed by atoms with Crippen molar-refractivity contribution in [3.05, 3.63) is 64.9 Å². The number of carboxylic acid groups (broad SMARTS) is 1. The van der Waals surface area contributed by atoms with Crippen molar-refractivity contribution in [2.45, 2.75) is 44.2 Å². The number of halogens is 3. The summed E-state index contributed by atoms with van der Waals surface area (Å²) in [5.41, 5.74) is 2.16. The van der Waals surface area contributed by atoms with Gasteiger partial charge in [0.05, 0.1) is 22.9 Å². The van der Waals surface area contributed by atoms with Crippen LogP contribution in [0.1, 0.15) is 65.3 Å². The number of hydrogen-bond donors (Lipinski definition) is 1. The highest BCUT2D eigenvalue weighted by atomic mass is 32.1. The first-order chi connectivity index (χ1) is 19.7. The average Bonchev–Trinajstić information content (AvgIpc) is 3.54. The molecule has 212 valence electrons. The molecule has 0 amide bonds. The molecule has 4 aromatic rings. The van der Waals surface area contributed by atoms with Gasteiger partial charge in [-0.25, -0.2) is 9.78 Å². The summed E-state index contributed by atoms with van der Waals surface area (Å²) in [4.78, 5) is 18.5. The van der Waals surface area contributed by atoms with Crippen LogP contribution in [0.5, 0.6) is 5.75 Å². The zero-order valence-electron chi connectivity index (χ0n) is 22.1. The van der Waals surface area contributed by atoms with Crippen molar-refractivity contribution in [2.24, 2.45) is 5.41 Å². The lowest BCUT2D eigenvalue weighted by molar-refractivity contribution is -0.137. The van der Waals surface area contributed by atoms with Crippen LogP contribution < -0.4 is 9.64 Å². The molecule has 0 radical (unpaired) electrons. The Kier molecular flexibility index (Phi) is 5.93. The third-order valence-corrected chi connectivity index (χ3v) is 9.51. The maximum atomic E-state index is 13.9. The normalized spacial score (nSPS) is 18.4. The fourth-order valence-electron chi connectivity index (χ4n) is 6.10. The number of ether oxygens (including phenoxy) is 1. The second-order valence-corrected chi connectivity index (χ2v) is 12.1. The summed E-state index contributed by atoms with van der Waals surface area (Å²) in [5.74, 6) is 0.335. The predicted octanol–water partition coefficient (Wildman–Crippen LogP) is 7.63. The second-order valence-electron chi connectivity index (χ2n) is 11.1. The van der Waals surface area contributed by atoms with Crippen molar-refractivity contribution >= 4 is 38.2 Å². The average molecular weight is 582 g/mol. The molecule has 2 aliphatic carbocycles. The van der Waals surface area contributed by atoms with Gasteiger partial charge in [0.2, 0.25) is 0 Å². The number of piperidine rings is 1. The largest absolute Gasteiger partial charge is 0.494 e. The minimum atomic E-state index is -4.49. The quantitative estimate of drug-likeness (QED) is 0.250. The zero-order valence-corrected chi connectivity index (χ0v) is 22.9. The molecule has 3 heterocycles. The molecule has 7 rings (SSSR count). The van der Waals surface area contributed by atoms with Crippen molar-refractivity contribution in [3.63, 3.8) is 0 Å². The van der Waals surface area contributed by atoms with Crippen molar-refractivity contribution in [2.75, 3.05) is 25.1 Å². The molecule has 11 heteroatoms. The summed E-state index contributed by atoms with van der Waals surface area (Å²) >= 11 is 1.45. The number of carboxylic acids is 1. The van der Waals surface area contributed by atoms with E-state index in [0.29, 0.717) is 17.0 Å². The standard InChI is InChI=1S/C30H26F3N3O4S/c1-39-21-12-17(27(37)38)13-22-25(21)34-28(41-22)36-10-8-29(9-11-36)14-18(15-29)23-24(35-40-26(23)16-6-7-16)19-4-2-3-5-20(19)30(31,32)33/h2-5,12-14,16H,6-11,15H2,1H3,(H,37,38). The van der Waals surface area contributed by atoms with Gasteiger partial charge in [-0.2, -0.15) is 13.2 Å². The molecule has 3 aliphatic rings. The molecule has 7 nitrogen and oxygen atoms in total. The number of hydrogen-bond acceptors (Lipinski definition) is 7. The number of fused-ring (bicyclic) bond motifs is 1. The number of anilines is 1. The summed E-state index contributed by atoms with van der Waals surface area (Å²) in [5, 5.41) is 14.4. The van der Waals surface area contributed by atoms with Crippen LogP contribution in [0.25, 0.3) is 27.0 Å². The molecule has 2 aromatic carbocycles. The maximum Gasteiger partial charge on any atom is 0.417 e. The molecule has 0 unspecified atom stereocenters. The molecule has 1 aliphatic heterocycles. The number of thiazole rings is 1. The maximum absolute atomic E-state index is 13.9. The van der Waals surface area contributed by atoms with E-state index in [-0.39, 0.29) is 28.2 Å². The number of benzene rings is 2. The van der Waals surface area contributed by atoms with Crippen LogP contribution in [0.2, 0.25) is 0 Å². The Balaban J connectivity index is 1.15. The molecule has 1 N–H and O–H groups in total. The first-order valence-electron chi connectivity index (χ1n) is 13.5. The van der Waals surface area contributed by atoms with E-state index in [1.165, 1.54) is 36.6 Å². The van der Waals surface area contributed by atoms with E-state index in [1.54, 1.807) is 12.1 Å². The van der Waals surface area contributed by atoms with Gasteiger partial charge in [0, 0.05) is 30.1 Å². The van der Waals surface area contributed by atoms with Crippen LogP contribution in [0.15, 0.2) is 47.0 Å². The fraction of sp³-hybridized carbons (Fsp3) is 0.367. The Labute approximate surface area is 237 Å². The minimum Gasteiger partial charge on any atom is -0.494 e. The number of aromatic carboxylic acids is 1. The molecule has 0 atom stereocenters. The van der Waals surface area contributed by atoms with Crippen LogP contribution in [0.4, 0.5) is 18.3 Å². The molecule has 2 aromatic heterocycles. The molecule has 0 bridgehead atoms. The monoisotopic (exact) mass is 581 g/mol. The molecule has 41 heavy (non-hydrogen) atoms. The summed E-state index contributed by atoms with van der Waals surface area (Å²) in [6.45, 7) is 1.53. The van der Waals surface area contributed by atoms with E-state index in [1.807, 2.05) is 0 Å². The number of alkyl halides is 3. The van der Waals surface area contributed by atoms with Crippen LogP contribution in [0.3, 0.4) is 0 Å². The summed E-state index contributed by atoms with van der Waals surface area (Å²) < 4.78 is 53.4. The Morgan fingerprint density at radius 2 is 1.93 bits per heavy atom. The second kappa shape index (κ2) is 9.34. The van der Waals surface area contributed by atoms with E-state index in [9.17, 15) is 23.1 Å². The molecule has 2 fully saturated rings. The van der Waals surface area contributed by atoms with Gasteiger partial charge in [-0.05, 0) is 61.3 Å². The third kappa shape index (κ3) is 4.46. The van der Waals surface area contributed by atoms with E-state index >= 15 is 0 Å². The minimum absolute atomic E-state index is 0.0322. The predicted molar refractivity (Wildman–Crippen MR) is 149 cm³/mol. The van der Waals surface area contributed by atoms with Gasteiger partial charge < -0.3 is 19.3 Å². The van der Waals surface area contributed by atoms with E-state index in [0.717, 1.165) is 72.2 Å². The topological polar surface area (TPSA) is 88.7 Å². The Hall–Kier alpha value is -3.86. The highest BCUT2D eigenvalue weighted by Gasteiger charge is 2.45. The van der Waals surface area contributed by atoms with Gasteiger partial charge in [-0.3, -0.25) is 0 Å². The van der Waals surface area contributed by atoms with Gasteiger partial charge in [0.1, 0.15) is 22.7 Å². The Morgan fingerprint density at radius 3 is 2.59 bits per heavy atom. The van der Waals surface area contributed by atoms with Gasteiger partial charge in [-0.1, -0.05) is 40.8 Å². The highest BCUT2D eigenvalue weighted by molar-refractivity contribution is 7.22. The number of methoxy groups -OCH3 is 1. The van der Waals surface area contributed by atoms with Crippen LogP contribution in [-0.4, -0.2) is 41.4 Å². The Bertz CT molecular complexity index is 1710. The first kappa shape index (κ1) is 26.1. The Morgan fingerprint density at radius 1 is 1.20 bits per heavy atom. The van der Waals surface area contributed by atoms with E-state index in [2.05, 4.69) is 16.1 Å². The van der Waals surface area contributed by atoms with Crippen molar-refractivity contribution < 1.29 is 32.3 Å². The highest BCUT2D eigenvalue weighted by Crippen LogP contribution is 2.56. The molecular formula is C30H26F3N3O4S. The lowest BCUT2D eigenvalue weighted by Gasteiger charge is -2.46. The number of allylic oxidation sites excluding steroid dienone is 2. The molecule has 1 saturated carbocycles. The van der Waals surface area contributed by atoms with Crippen LogP contribution in [-0.2, 0) is 6.18 Å². The third-order valence-electron chi connectivity index (χ3n) is 8.44. The zero-order chi connectivity index (χ0) is 28.5. The van der Waals surface area contributed by atoms with E-state index < -0.39 is 17.7 Å². The lowest BCUT2D eigenvalue weighted by atomic mass is 9.63. The smallest absolute Gasteiger partial charge is 0.417 e. The summed E-state index contributed by atoms with van der Waals surface area (Å²) in [6, 6.07) is 8.68. The number of carbonyl (C=O) groups is 1. The summed E-state index contributed by atoms with van der Waals surface area (Å²) in [7, 11) is 1.50. The van der Waals surface area contributed by atoms with Crippen molar-refractivity contribution in [1.29, 1.82) is 0 Å². The van der Waals surface area contributed by atoms with Gasteiger partial charge in [0.15, 0.2) is 5.13 Å². The van der Waals surface area contributed by atoms with Gasteiger partial charge >= 0.3 is 12.1 Å². The van der Waals surface area contributed by atoms with Crippen molar-refractivity contribution in [1.82, 2.24) is 10.1 Å². The molecule has 1 spiro atoms. The number of aromatic nitrogens is 2. The lowest BCUT2D eigenvalue weighted by Crippen LogP contribution is -2.42. The van der Waals surface area contributed by atoms with Crippen LogP contribution in [0, 0.1) is 5.41 Å². The number of rotatable bonds is 6. The van der Waals surface area contributed by atoms with Crippen LogP contribution >= 0.6 is 11.3 Å². The van der Waals surface area contributed by atoms with Gasteiger partial charge in [-0.15, -0.1) is 0 Å².